The Kier molecular flexibility index (Phi) is 10.4. The predicted molar refractivity (Wildman–Crippen MR) is 95.6 cm³/mol. The summed E-state index contributed by atoms with van der Waals surface area (Å²) in [6, 6.07) is 5.73. The number of nitrogens with one attached hydrogen (secondary N) is 1. The molecule has 1 aromatic carbocycles. The third kappa shape index (κ3) is 7.10. The van der Waals surface area contributed by atoms with Crippen molar-refractivity contribution in [1.82, 2.24) is 5.32 Å². The largest absolute Gasteiger partial charge is 0.490 e. The highest BCUT2D eigenvalue weighted by Gasteiger charge is 2.16. The quantitative estimate of drug-likeness (QED) is 0.722. The maximum absolute atomic E-state index is 11.8. The van der Waals surface area contributed by atoms with E-state index >= 15 is 0 Å². The molecule has 0 aliphatic carbocycles. The number of amides is 1. The number of rotatable bonds is 9. The minimum atomic E-state index is -0.181. The Morgan fingerprint density at radius 1 is 1.17 bits per heavy atom. The van der Waals surface area contributed by atoms with Gasteiger partial charge >= 0.3 is 0 Å². The third-order valence-corrected chi connectivity index (χ3v) is 3.52. The fraction of sp³-hybridized carbons (Fsp3) is 0.588. The Morgan fingerprint density at radius 2 is 1.78 bits per heavy atom. The van der Waals surface area contributed by atoms with Crippen LogP contribution in [0, 0.1) is 5.92 Å². The molecule has 1 rings (SSSR count). The Morgan fingerprint density at radius 3 is 2.35 bits per heavy atom. The van der Waals surface area contributed by atoms with Crippen molar-refractivity contribution in [2.45, 2.75) is 40.2 Å². The van der Waals surface area contributed by atoms with Crippen molar-refractivity contribution >= 4 is 18.3 Å². The first-order chi connectivity index (χ1) is 10.5. The van der Waals surface area contributed by atoms with Crippen molar-refractivity contribution in [3.63, 3.8) is 0 Å². The molecule has 5 nitrogen and oxygen atoms in total. The highest BCUT2D eigenvalue weighted by molar-refractivity contribution is 5.85. The maximum atomic E-state index is 11.8. The van der Waals surface area contributed by atoms with Crippen LogP contribution in [-0.4, -0.2) is 31.7 Å². The summed E-state index contributed by atoms with van der Waals surface area (Å²) in [5.74, 6) is 1.31. The van der Waals surface area contributed by atoms with Crippen molar-refractivity contribution in [3.8, 4) is 11.5 Å². The summed E-state index contributed by atoms with van der Waals surface area (Å²) in [6.45, 7) is 9.33. The molecule has 0 radical (unpaired) electrons. The van der Waals surface area contributed by atoms with E-state index in [0.717, 1.165) is 23.5 Å². The predicted octanol–water partition coefficient (Wildman–Crippen LogP) is 2.55. The number of benzene rings is 1. The third-order valence-electron chi connectivity index (χ3n) is 3.52. The standard InChI is InChI=1S/C17H28N2O3.ClH/c1-5-21-15-8-7-14(11-16(15)22-6-2)9-10-19-17(20)12(3)13(4)18;/h7-8,11-13H,5-6,9-10,18H2,1-4H3,(H,19,20);1H. The van der Waals surface area contributed by atoms with Gasteiger partial charge in [0.25, 0.3) is 0 Å². The average molecular weight is 345 g/mol. The van der Waals surface area contributed by atoms with E-state index in [0.29, 0.717) is 19.8 Å². The van der Waals surface area contributed by atoms with E-state index in [1.807, 2.05) is 45.9 Å². The van der Waals surface area contributed by atoms with Gasteiger partial charge in [-0.1, -0.05) is 13.0 Å². The minimum absolute atomic E-state index is 0. The molecule has 132 valence electrons. The van der Waals surface area contributed by atoms with Gasteiger partial charge in [-0.2, -0.15) is 0 Å². The number of hydrogen-bond donors (Lipinski definition) is 2. The Bertz CT molecular complexity index is 481. The fourth-order valence-electron chi connectivity index (χ4n) is 1.98. The summed E-state index contributed by atoms with van der Waals surface area (Å²) in [5.41, 5.74) is 6.82. The molecule has 23 heavy (non-hydrogen) atoms. The lowest BCUT2D eigenvalue weighted by Gasteiger charge is -2.16. The van der Waals surface area contributed by atoms with E-state index in [2.05, 4.69) is 5.32 Å². The second-order valence-corrected chi connectivity index (χ2v) is 5.34. The smallest absolute Gasteiger partial charge is 0.224 e. The van der Waals surface area contributed by atoms with Gasteiger partial charge in [0.2, 0.25) is 5.91 Å². The van der Waals surface area contributed by atoms with Gasteiger partial charge in [0, 0.05) is 18.5 Å². The van der Waals surface area contributed by atoms with Gasteiger partial charge in [0.05, 0.1) is 13.2 Å². The van der Waals surface area contributed by atoms with Crippen LogP contribution in [0.1, 0.15) is 33.3 Å². The minimum Gasteiger partial charge on any atom is -0.490 e. The molecular weight excluding hydrogens is 316 g/mol. The fourth-order valence-corrected chi connectivity index (χ4v) is 1.98. The number of nitrogens with two attached hydrogens (primary N) is 1. The van der Waals surface area contributed by atoms with Crippen LogP contribution in [0.5, 0.6) is 11.5 Å². The van der Waals surface area contributed by atoms with E-state index in [-0.39, 0.29) is 30.3 Å². The summed E-state index contributed by atoms with van der Waals surface area (Å²) in [5, 5.41) is 2.91. The Hall–Kier alpha value is -1.46. The molecule has 0 bridgehead atoms. The first kappa shape index (κ1) is 21.5. The van der Waals surface area contributed by atoms with Gasteiger partial charge in [0.1, 0.15) is 0 Å². The zero-order valence-corrected chi connectivity index (χ0v) is 15.2. The van der Waals surface area contributed by atoms with Crippen molar-refractivity contribution in [2.24, 2.45) is 11.7 Å². The van der Waals surface area contributed by atoms with Gasteiger partial charge in [-0.25, -0.2) is 0 Å². The normalized spacial score (nSPS) is 12.7. The van der Waals surface area contributed by atoms with E-state index in [9.17, 15) is 4.79 Å². The van der Waals surface area contributed by atoms with Crippen LogP contribution in [0.15, 0.2) is 18.2 Å². The van der Waals surface area contributed by atoms with E-state index in [4.69, 9.17) is 15.2 Å². The van der Waals surface area contributed by atoms with Crippen LogP contribution in [-0.2, 0) is 11.2 Å². The van der Waals surface area contributed by atoms with E-state index in [1.54, 1.807) is 0 Å². The van der Waals surface area contributed by atoms with Crippen LogP contribution in [0.3, 0.4) is 0 Å². The molecular formula is C17H29ClN2O3. The van der Waals surface area contributed by atoms with Gasteiger partial charge in [-0.15, -0.1) is 12.4 Å². The number of halogens is 1. The second kappa shape index (κ2) is 11.1. The molecule has 0 spiro atoms. The molecule has 0 aliphatic rings. The van der Waals surface area contributed by atoms with Crippen LogP contribution in [0.25, 0.3) is 0 Å². The topological polar surface area (TPSA) is 73.6 Å². The molecule has 0 aromatic heterocycles. The molecule has 2 unspecified atom stereocenters. The van der Waals surface area contributed by atoms with Crippen LogP contribution in [0.2, 0.25) is 0 Å². The Balaban J connectivity index is 0.00000484. The first-order valence-corrected chi connectivity index (χ1v) is 7.91. The van der Waals surface area contributed by atoms with Crippen LogP contribution in [0.4, 0.5) is 0 Å². The van der Waals surface area contributed by atoms with Crippen molar-refractivity contribution in [3.05, 3.63) is 23.8 Å². The summed E-state index contributed by atoms with van der Waals surface area (Å²) in [4.78, 5) is 11.8. The lowest BCUT2D eigenvalue weighted by Crippen LogP contribution is -2.39. The molecule has 0 fully saturated rings. The van der Waals surface area contributed by atoms with Gasteiger partial charge < -0.3 is 20.5 Å². The Labute approximate surface area is 145 Å². The van der Waals surface area contributed by atoms with Crippen molar-refractivity contribution < 1.29 is 14.3 Å². The number of carbonyl (C=O) groups is 1. The van der Waals surface area contributed by atoms with E-state index in [1.165, 1.54) is 0 Å². The SMILES string of the molecule is CCOc1ccc(CCNC(=O)C(C)C(C)N)cc1OCC.Cl. The second-order valence-electron chi connectivity index (χ2n) is 5.34. The van der Waals surface area contributed by atoms with Crippen molar-refractivity contribution in [2.75, 3.05) is 19.8 Å². The summed E-state index contributed by atoms with van der Waals surface area (Å²) < 4.78 is 11.1. The molecule has 0 heterocycles. The lowest BCUT2D eigenvalue weighted by atomic mass is 10.0. The van der Waals surface area contributed by atoms with Crippen LogP contribution >= 0.6 is 12.4 Å². The number of ether oxygens (including phenoxy) is 2. The molecule has 0 saturated carbocycles. The molecule has 1 aromatic rings. The molecule has 0 aliphatic heterocycles. The molecule has 2 atom stereocenters. The van der Waals surface area contributed by atoms with Crippen molar-refractivity contribution in [1.29, 1.82) is 0 Å². The first-order valence-electron chi connectivity index (χ1n) is 7.91. The molecule has 0 saturated heterocycles. The zero-order chi connectivity index (χ0) is 16.5. The summed E-state index contributed by atoms with van der Waals surface area (Å²) in [7, 11) is 0. The highest BCUT2D eigenvalue weighted by Crippen LogP contribution is 2.28. The monoisotopic (exact) mass is 344 g/mol. The highest BCUT2D eigenvalue weighted by atomic mass is 35.5. The number of hydrogen-bond acceptors (Lipinski definition) is 4. The summed E-state index contributed by atoms with van der Waals surface area (Å²) >= 11 is 0. The van der Waals surface area contributed by atoms with Crippen LogP contribution < -0.4 is 20.5 Å². The lowest BCUT2D eigenvalue weighted by molar-refractivity contribution is -0.124. The number of carbonyl (C=O) groups excluding carboxylic acids is 1. The molecule has 6 heteroatoms. The summed E-state index contributed by atoms with van der Waals surface area (Å²) in [6.07, 6.45) is 0.740. The maximum Gasteiger partial charge on any atom is 0.224 e. The van der Waals surface area contributed by atoms with E-state index < -0.39 is 0 Å². The average Bonchev–Trinajstić information content (AvgIpc) is 2.49. The van der Waals surface area contributed by atoms with Gasteiger partial charge in [-0.05, 0) is 44.9 Å². The molecule has 3 N–H and O–H groups in total. The van der Waals surface area contributed by atoms with Gasteiger partial charge in [-0.3, -0.25) is 4.79 Å². The zero-order valence-electron chi connectivity index (χ0n) is 14.4. The molecule has 1 amide bonds. The van der Waals surface area contributed by atoms with Gasteiger partial charge in [0.15, 0.2) is 11.5 Å².